The third-order valence-electron chi connectivity index (χ3n) is 3.90. The van der Waals surface area contributed by atoms with Crippen LogP contribution in [0.5, 0.6) is 11.5 Å². The van der Waals surface area contributed by atoms with Gasteiger partial charge in [-0.3, -0.25) is 4.79 Å². The molecule has 0 bridgehead atoms. The maximum atomic E-state index is 12.9. The van der Waals surface area contributed by atoms with Crippen molar-refractivity contribution in [3.05, 3.63) is 95.3 Å². The van der Waals surface area contributed by atoms with Crippen molar-refractivity contribution < 1.29 is 23.5 Å². The van der Waals surface area contributed by atoms with Gasteiger partial charge in [0.05, 0.1) is 18.9 Å². The zero-order valence-electron chi connectivity index (χ0n) is 15.5. The summed E-state index contributed by atoms with van der Waals surface area (Å²) in [5.74, 6) is -0.334. The molecule has 3 aromatic carbocycles. The van der Waals surface area contributed by atoms with Gasteiger partial charge in [0.25, 0.3) is 5.91 Å². The van der Waals surface area contributed by atoms with Gasteiger partial charge in [0.2, 0.25) is 0 Å². The third-order valence-corrected chi connectivity index (χ3v) is 3.90. The van der Waals surface area contributed by atoms with E-state index < -0.39 is 17.7 Å². The number of carbonyl (C=O) groups excluding carboxylic acids is 2. The van der Waals surface area contributed by atoms with Crippen molar-refractivity contribution in [3.63, 3.8) is 0 Å². The molecule has 1 N–H and O–H groups in total. The van der Waals surface area contributed by atoms with E-state index in [4.69, 9.17) is 9.47 Å². The van der Waals surface area contributed by atoms with Crippen LogP contribution in [0.3, 0.4) is 0 Å². The lowest BCUT2D eigenvalue weighted by atomic mass is 10.2. The minimum Gasteiger partial charge on any atom is -0.497 e. The van der Waals surface area contributed by atoms with E-state index in [1.54, 1.807) is 55.6 Å². The minimum absolute atomic E-state index is 0.296. The number of hydrazone groups is 1. The Hall–Kier alpha value is -4.00. The minimum atomic E-state index is -0.486. The number of esters is 1. The molecule has 3 rings (SSSR count). The van der Waals surface area contributed by atoms with Crippen molar-refractivity contribution in [2.45, 2.75) is 0 Å². The Labute approximate surface area is 166 Å². The van der Waals surface area contributed by atoms with Crippen LogP contribution < -0.4 is 14.9 Å². The Bertz CT molecular complexity index is 1010. The molecule has 0 aromatic heterocycles. The van der Waals surface area contributed by atoms with Gasteiger partial charge in [0, 0.05) is 5.56 Å². The highest BCUT2D eigenvalue weighted by molar-refractivity contribution is 5.95. The summed E-state index contributed by atoms with van der Waals surface area (Å²) >= 11 is 0. The highest BCUT2D eigenvalue weighted by Gasteiger charge is 2.08. The first kappa shape index (κ1) is 19.8. The summed E-state index contributed by atoms with van der Waals surface area (Å²) in [4.78, 5) is 24.0. The van der Waals surface area contributed by atoms with Crippen molar-refractivity contribution in [2.75, 3.05) is 7.11 Å². The lowest BCUT2D eigenvalue weighted by molar-refractivity contribution is 0.0734. The molecule has 0 aliphatic heterocycles. The van der Waals surface area contributed by atoms with E-state index in [1.807, 2.05) is 0 Å². The lowest BCUT2D eigenvalue weighted by Crippen LogP contribution is -2.17. The van der Waals surface area contributed by atoms with Gasteiger partial charge in [-0.2, -0.15) is 5.10 Å². The monoisotopic (exact) mass is 392 g/mol. The zero-order chi connectivity index (χ0) is 20.6. The largest absolute Gasteiger partial charge is 0.497 e. The first-order valence-electron chi connectivity index (χ1n) is 8.60. The molecular formula is C22H17FN2O4. The Morgan fingerprint density at radius 2 is 1.45 bits per heavy atom. The van der Waals surface area contributed by atoms with E-state index in [1.165, 1.54) is 30.5 Å². The fourth-order valence-corrected chi connectivity index (χ4v) is 2.35. The van der Waals surface area contributed by atoms with Crippen LogP contribution in [0.15, 0.2) is 77.9 Å². The average Bonchev–Trinajstić information content (AvgIpc) is 2.75. The van der Waals surface area contributed by atoms with E-state index in [9.17, 15) is 14.0 Å². The number of benzene rings is 3. The topological polar surface area (TPSA) is 77.0 Å². The molecule has 29 heavy (non-hydrogen) atoms. The number of rotatable bonds is 6. The van der Waals surface area contributed by atoms with Crippen LogP contribution >= 0.6 is 0 Å². The SMILES string of the molecule is COc1ccc(C(=O)Oc2ccc(/C=N/NC(=O)c3ccc(F)cc3)cc2)cc1. The molecule has 0 fully saturated rings. The molecule has 0 heterocycles. The summed E-state index contributed by atoms with van der Waals surface area (Å²) in [6.07, 6.45) is 1.44. The quantitative estimate of drug-likeness (QED) is 0.299. The van der Waals surface area contributed by atoms with Crippen LogP contribution in [-0.4, -0.2) is 25.2 Å². The smallest absolute Gasteiger partial charge is 0.343 e. The Morgan fingerprint density at radius 3 is 2.07 bits per heavy atom. The van der Waals surface area contributed by atoms with Crippen molar-refractivity contribution in [1.29, 1.82) is 0 Å². The van der Waals surface area contributed by atoms with E-state index in [-0.39, 0.29) is 0 Å². The molecule has 0 atom stereocenters. The number of nitrogens with zero attached hydrogens (tertiary/aromatic N) is 1. The number of methoxy groups -OCH3 is 1. The number of nitrogens with one attached hydrogen (secondary N) is 1. The molecule has 0 saturated heterocycles. The van der Waals surface area contributed by atoms with Crippen LogP contribution in [0.2, 0.25) is 0 Å². The van der Waals surface area contributed by atoms with Crippen LogP contribution in [0.4, 0.5) is 4.39 Å². The standard InChI is InChI=1S/C22H17FN2O4/c1-28-19-12-6-17(7-13-19)22(27)29-20-10-2-15(3-11-20)14-24-25-21(26)16-4-8-18(23)9-5-16/h2-14H,1H3,(H,25,26)/b24-14+. The second-order valence-electron chi connectivity index (χ2n) is 5.89. The van der Waals surface area contributed by atoms with Gasteiger partial charge >= 0.3 is 5.97 Å². The molecule has 0 aliphatic rings. The molecule has 1 amide bonds. The number of ether oxygens (including phenoxy) is 2. The normalized spacial score (nSPS) is 10.6. The zero-order valence-corrected chi connectivity index (χ0v) is 15.5. The number of halogens is 1. The van der Waals surface area contributed by atoms with Gasteiger partial charge in [-0.1, -0.05) is 0 Å². The molecular weight excluding hydrogens is 375 g/mol. The molecule has 0 saturated carbocycles. The summed E-state index contributed by atoms with van der Waals surface area (Å²) in [6, 6.07) is 18.3. The predicted molar refractivity (Wildman–Crippen MR) is 106 cm³/mol. The van der Waals surface area contributed by atoms with Crippen molar-refractivity contribution in [2.24, 2.45) is 5.10 Å². The Balaban J connectivity index is 1.55. The van der Waals surface area contributed by atoms with Crippen molar-refractivity contribution in [3.8, 4) is 11.5 Å². The van der Waals surface area contributed by atoms with E-state index in [0.717, 1.165) is 0 Å². The van der Waals surface area contributed by atoms with Gasteiger partial charge in [0.15, 0.2) is 0 Å². The first-order chi connectivity index (χ1) is 14.0. The Kier molecular flexibility index (Phi) is 6.32. The second-order valence-corrected chi connectivity index (χ2v) is 5.89. The van der Waals surface area contributed by atoms with Crippen LogP contribution in [0.25, 0.3) is 0 Å². The highest BCUT2D eigenvalue weighted by atomic mass is 19.1. The maximum absolute atomic E-state index is 12.9. The number of hydrogen-bond acceptors (Lipinski definition) is 5. The van der Waals surface area contributed by atoms with E-state index >= 15 is 0 Å². The van der Waals surface area contributed by atoms with E-state index in [0.29, 0.717) is 28.2 Å². The molecule has 146 valence electrons. The number of hydrogen-bond donors (Lipinski definition) is 1. The molecule has 6 nitrogen and oxygen atoms in total. The predicted octanol–water partition coefficient (Wildman–Crippen LogP) is 3.82. The first-order valence-corrected chi connectivity index (χ1v) is 8.60. The summed E-state index contributed by atoms with van der Waals surface area (Å²) in [5.41, 5.74) is 3.74. The second kappa shape index (κ2) is 9.27. The number of carbonyl (C=O) groups is 2. The molecule has 0 unspecified atom stereocenters. The Morgan fingerprint density at radius 1 is 0.862 bits per heavy atom. The van der Waals surface area contributed by atoms with Gasteiger partial charge in [-0.25, -0.2) is 14.6 Å². The fourth-order valence-electron chi connectivity index (χ4n) is 2.35. The van der Waals surface area contributed by atoms with E-state index in [2.05, 4.69) is 10.5 Å². The van der Waals surface area contributed by atoms with Gasteiger partial charge in [-0.05, 0) is 78.4 Å². The fraction of sp³-hybridized carbons (Fsp3) is 0.0455. The van der Waals surface area contributed by atoms with Gasteiger partial charge < -0.3 is 9.47 Å². The van der Waals surface area contributed by atoms with Crippen LogP contribution in [0, 0.1) is 5.82 Å². The van der Waals surface area contributed by atoms with Gasteiger partial charge in [0.1, 0.15) is 17.3 Å². The summed E-state index contributed by atoms with van der Waals surface area (Å²) in [5, 5.41) is 3.86. The summed E-state index contributed by atoms with van der Waals surface area (Å²) in [7, 11) is 1.55. The lowest BCUT2D eigenvalue weighted by Gasteiger charge is -2.05. The summed E-state index contributed by atoms with van der Waals surface area (Å²) < 4.78 is 23.2. The molecule has 0 radical (unpaired) electrons. The molecule has 7 heteroatoms. The van der Waals surface area contributed by atoms with Crippen molar-refractivity contribution in [1.82, 2.24) is 5.43 Å². The molecule has 3 aromatic rings. The van der Waals surface area contributed by atoms with Crippen LogP contribution in [-0.2, 0) is 0 Å². The van der Waals surface area contributed by atoms with Gasteiger partial charge in [-0.15, -0.1) is 0 Å². The average molecular weight is 392 g/mol. The highest BCUT2D eigenvalue weighted by Crippen LogP contribution is 2.16. The molecule has 0 spiro atoms. The number of amides is 1. The molecule has 0 aliphatic carbocycles. The maximum Gasteiger partial charge on any atom is 0.343 e. The van der Waals surface area contributed by atoms with Crippen LogP contribution in [0.1, 0.15) is 26.3 Å². The summed E-state index contributed by atoms with van der Waals surface area (Å²) in [6.45, 7) is 0. The third kappa shape index (κ3) is 5.49. The van der Waals surface area contributed by atoms with Crippen molar-refractivity contribution >= 4 is 18.1 Å².